The van der Waals surface area contributed by atoms with Crippen LogP contribution in [-0.4, -0.2) is 17.0 Å². The Hall–Kier alpha value is -0.940. The van der Waals surface area contributed by atoms with Crippen LogP contribution < -0.4 is 10.5 Å². The summed E-state index contributed by atoms with van der Waals surface area (Å²) >= 11 is 1.44. The number of aryl methyl sites for hydroxylation is 1. The first-order valence-corrected chi connectivity index (χ1v) is 4.49. The first kappa shape index (κ1) is 9.15. The quantitative estimate of drug-likeness (QED) is 0.697. The lowest BCUT2D eigenvalue weighted by molar-refractivity contribution is -0.117. The van der Waals surface area contributed by atoms with E-state index in [0.29, 0.717) is 17.8 Å². The van der Waals surface area contributed by atoms with Gasteiger partial charge in [-0.2, -0.15) is 4.99 Å². The molecule has 0 aliphatic rings. The molecule has 2 N–H and O–H groups in total. The number of amides is 1. The maximum absolute atomic E-state index is 11.0. The first-order chi connectivity index (χ1) is 5.74. The molecule has 0 radical (unpaired) electrons. The Bertz CT molecular complexity index is 325. The fraction of sp³-hybridized carbons (Fsp3) is 0.429. The summed E-state index contributed by atoms with van der Waals surface area (Å²) in [5, 5.41) is 1.88. The van der Waals surface area contributed by atoms with Crippen molar-refractivity contribution in [3.8, 4) is 0 Å². The van der Waals surface area contributed by atoms with E-state index in [4.69, 9.17) is 5.73 Å². The van der Waals surface area contributed by atoms with Crippen LogP contribution in [0.3, 0.4) is 0 Å². The molecule has 1 aromatic heterocycles. The molecule has 0 bridgehead atoms. The van der Waals surface area contributed by atoms with Crippen molar-refractivity contribution in [1.82, 2.24) is 4.57 Å². The molecule has 0 atom stereocenters. The van der Waals surface area contributed by atoms with E-state index in [1.54, 1.807) is 4.57 Å². The van der Waals surface area contributed by atoms with Crippen molar-refractivity contribution in [2.24, 2.45) is 17.8 Å². The van der Waals surface area contributed by atoms with E-state index < -0.39 is 0 Å². The lowest BCUT2D eigenvalue weighted by Gasteiger charge is -1.89. The van der Waals surface area contributed by atoms with E-state index in [1.165, 1.54) is 11.3 Å². The highest BCUT2D eigenvalue weighted by atomic mass is 32.1. The molecule has 5 heteroatoms. The van der Waals surface area contributed by atoms with Crippen molar-refractivity contribution in [3.63, 3.8) is 0 Å². The lowest BCUT2D eigenvalue weighted by Crippen LogP contribution is -2.14. The van der Waals surface area contributed by atoms with Gasteiger partial charge in [-0.25, -0.2) is 0 Å². The van der Waals surface area contributed by atoms with Gasteiger partial charge in [0.15, 0.2) is 4.80 Å². The smallest absolute Gasteiger partial charge is 0.249 e. The number of hydrogen-bond acceptors (Lipinski definition) is 3. The number of aromatic nitrogens is 1. The third kappa shape index (κ3) is 2.28. The van der Waals surface area contributed by atoms with E-state index in [9.17, 15) is 4.79 Å². The zero-order valence-corrected chi connectivity index (χ0v) is 7.67. The number of thiazole rings is 1. The van der Waals surface area contributed by atoms with Crippen LogP contribution in [0.25, 0.3) is 0 Å². The molecule has 0 saturated heterocycles. The average molecular weight is 185 g/mol. The van der Waals surface area contributed by atoms with Crippen molar-refractivity contribution in [2.45, 2.75) is 6.42 Å². The molecule has 0 unspecified atom stereocenters. The van der Waals surface area contributed by atoms with Crippen LogP contribution in [0, 0.1) is 0 Å². The number of rotatable bonds is 2. The molecule has 0 aliphatic heterocycles. The van der Waals surface area contributed by atoms with Crippen LogP contribution in [0.2, 0.25) is 0 Å². The van der Waals surface area contributed by atoms with E-state index >= 15 is 0 Å². The molecule has 1 heterocycles. The fourth-order valence-electron chi connectivity index (χ4n) is 0.721. The Balaban J connectivity index is 2.83. The summed E-state index contributed by atoms with van der Waals surface area (Å²) in [7, 11) is 1.85. The van der Waals surface area contributed by atoms with E-state index in [2.05, 4.69) is 4.99 Å². The maximum Gasteiger partial charge on any atom is 0.249 e. The van der Waals surface area contributed by atoms with Gasteiger partial charge in [-0.1, -0.05) is 0 Å². The van der Waals surface area contributed by atoms with Gasteiger partial charge in [0, 0.05) is 31.6 Å². The summed E-state index contributed by atoms with van der Waals surface area (Å²) in [6, 6.07) is 0. The van der Waals surface area contributed by atoms with Crippen LogP contribution in [0.1, 0.15) is 6.42 Å². The minimum Gasteiger partial charge on any atom is -0.330 e. The molecule has 0 aromatic carbocycles. The number of nitrogens with zero attached hydrogens (tertiary/aromatic N) is 2. The van der Waals surface area contributed by atoms with E-state index in [-0.39, 0.29) is 5.91 Å². The molecule has 0 spiro atoms. The molecule has 4 nitrogen and oxygen atoms in total. The average Bonchev–Trinajstić information content (AvgIpc) is 2.37. The summed E-state index contributed by atoms with van der Waals surface area (Å²) in [5.74, 6) is -0.157. The van der Waals surface area contributed by atoms with Gasteiger partial charge in [0.05, 0.1) is 0 Å². The SMILES string of the molecule is Cn1ccsc1=NC(=O)CCN. The first-order valence-electron chi connectivity index (χ1n) is 3.62. The zero-order chi connectivity index (χ0) is 8.97. The minimum atomic E-state index is -0.157. The van der Waals surface area contributed by atoms with Crippen molar-refractivity contribution in [3.05, 3.63) is 16.4 Å². The summed E-state index contributed by atoms with van der Waals surface area (Å²) in [6.45, 7) is 0.359. The van der Waals surface area contributed by atoms with Crippen molar-refractivity contribution in [2.75, 3.05) is 6.54 Å². The van der Waals surface area contributed by atoms with Gasteiger partial charge >= 0.3 is 0 Å². The van der Waals surface area contributed by atoms with Crippen molar-refractivity contribution >= 4 is 17.2 Å². The maximum atomic E-state index is 11.0. The van der Waals surface area contributed by atoms with Gasteiger partial charge in [-0.15, -0.1) is 11.3 Å². The van der Waals surface area contributed by atoms with Gasteiger partial charge < -0.3 is 10.3 Å². The zero-order valence-electron chi connectivity index (χ0n) is 6.86. The van der Waals surface area contributed by atoms with Crippen LogP contribution in [0.15, 0.2) is 16.6 Å². The largest absolute Gasteiger partial charge is 0.330 e. The molecule has 0 fully saturated rings. The Morgan fingerprint density at radius 1 is 1.83 bits per heavy atom. The number of carbonyl (C=O) groups is 1. The van der Waals surface area contributed by atoms with Gasteiger partial charge in [0.2, 0.25) is 5.91 Å². The highest BCUT2D eigenvalue weighted by molar-refractivity contribution is 7.07. The fourth-order valence-corrected chi connectivity index (χ4v) is 1.47. The van der Waals surface area contributed by atoms with Crippen LogP contribution in [0.5, 0.6) is 0 Å². The summed E-state index contributed by atoms with van der Waals surface area (Å²) in [4.78, 5) is 15.6. The van der Waals surface area contributed by atoms with E-state index in [0.717, 1.165) is 0 Å². The highest BCUT2D eigenvalue weighted by Crippen LogP contribution is 1.87. The molecule has 1 aromatic rings. The van der Waals surface area contributed by atoms with Gasteiger partial charge in [-0.3, -0.25) is 4.79 Å². The van der Waals surface area contributed by atoms with Crippen LogP contribution in [0.4, 0.5) is 0 Å². The topological polar surface area (TPSA) is 60.4 Å². The Morgan fingerprint density at radius 2 is 2.58 bits per heavy atom. The van der Waals surface area contributed by atoms with Gasteiger partial charge in [0.25, 0.3) is 0 Å². The van der Waals surface area contributed by atoms with Gasteiger partial charge in [-0.05, 0) is 0 Å². The molecular weight excluding hydrogens is 174 g/mol. The Morgan fingerprint density at radius 3 is 3.08 bits per heavy atom. The third-order valence-electron chi connectivity index (χ3n) is 1.34. The van der Waals surface area contributed by atoms with Gasteiger partial charge in [0.1, 0.15) is 0 Å². The number of hydrogen-bond donors (Lipinski definition) is 1. The summed E-state index contributed by atoms with van der Waals surface area (Å²) in [5.41, 5.74) is 5.21. The second-order valence-electron chi connectivity index (χ2n) is 2.34. The van der Waals surface area contributed by atoms with E-state index in [1.807, 2.05) is 18.6 Å². The highest BCUT2D eigenvalue weighted by Gasteiger charge is 1.96. The number of carbonyl (C=O) groups excluding carboxylic acids is 1. The second-order valence-corrected chi connectivity index (χ2v) is 3.21. The Kier molecular flexibility index (Phi) is 3.19. The minimum absolute atomic E-state index is 0.157. The van der Waals surface area contributed by atoms with Crippen LogP contribution in [-0.2, 0) is 11.8 Å². The summed E-state index contributed by atoms with van der Waals surface area (Å²) in [6.07, 6.45) is 2.18. The molecule has 1 amide bonds. The van der Waals surface area contributed by atoms with Crippen molar-refractivity contribution in [1.29, 1.82) is 0 Å². The molecule has 0 aliphatic carbocycles. The molecule has 12 heavy (non-hydrogen) atoms. The molecule has 1 rings (SSSR count). The lowest BCUT2D eigenvalue weighted by atomic mass is 10.4. The predicted molar refractivity (Wildman–Crippen MR) is 47.5 cm³/mol. The normalized spacial score (nSPS) is 12.0. The molecule has 0 saturated carbocycles. The Labute approximate surface area is 74.4 Å². The monoisotopic (exact) mass is 185 g/mol. The number of nitrogens with two attached hydrogens (primary N) is 1. The molecular formula is C7H11N3OS. The third-order valence-corrected chi connectivity index (χ3v) is 2.19. The second kappa shape index (κ2) is 4.18. The van der Waals surface area contributed by atoms with Crippen molar-refractivity contribution < 1.29 is 4.79 Å². The molecule has 66 valence electrons. The standard InChI is InChI=1S/C7H11N3OS/c1-10-4-5-12-7(10)9-6(11)2-3-8/h4-5H,2-3,8H2,1H3. The predicted octanol–water partition coefficient (Wildman–Crippen LogP) is -0.137. The summed E-state index contributed by atoms with van der Waals surface area (Å²) < 4.78 is 1.80. The van der Waals surface area contributed by atoms with Crippen LogP contribution >= 0.6 is 11.3 Å².